The fourth-order valence-electron chi connectivity index (χ4n) is 5.52. The number of nitrogens with one attached hydrogen (secondary N) is 6. The van der Waals surface area contributed by atoms with Gasteiger partial charge < -0.3 is 41.0 Å². The molecule has 0 atom stereocenters. The quantitative estimate of drug-likeness (QED) is 0.0205. The van der Waals surface area contributed by atoms with Gasteiger partial charge in [0.05, 0.1) is 19.2 Å². The third-order valence-electron chi connectivity index (χ3n) is 9.12. The Bertz CT molecular complexity index is 3530. The average Bonchev–Trinajstić information content (AvgIpc) is 4.12. The van der Waals surface area contributed by atoms with Gasteiger partial charge >= 0.3 is 12.2 Å². The molecule has 0 aliphatic rings. The summed E-state index contributed by atoms with van der Waals surface area (Å²) in [4.78, 5) is 56.5. The van der Waals surface area contributed by atoms with E-state index in [4.69, 9.17) is 77.6 Å². The number of carbonyl (C=O) groups is 5. The van der Waals surface area contributed by atoms with Crippen molar-refractivity contribution in [1.82, 2.24) is 18.4 Å². The van der Waals surface area contributed by atoms with Crippen LogP contribution in [-0.4, -0.2) is 62.2 Å². The zero-order valence-electron chi connectivity index (χ0n) is 41.7. The number of nitrogens with zero attached hydrogens (tertiary/aromatic N) is 4. The Labute approximate surface area is 495 Å². The number of amides is 5. The van der Waals surface area contributed by atoms with E-state index in [1.807, 2.05) is 66.7 Å². The topological polar surface area (TPSA) is 338 Å². The van der Waals surface area contributed by atoms with Gasteiger partial charge in [0.25, 0.3) is 5.91 Å². The van der Waals surface area contributed by atoms with E-state index in [-0.39, 0.29) is 55.6 Å². The molecule has 0 saturated carbocycles. The van der Waals surface area contributed by atoms with Crippen LogP contribution in [0.15, 0.2) is 125 Å². The molecule has 0 aliphatic heterocycles. The van der Waals surface area contributed by atoms with E-state index >= 15 is 0 Å². The Balaban J connectivity index is 0.000000279. The Morgan fingerprint density at radius 1 is 0.650 bits per heavy atom. The number of hydrogen-bond donors (Lipinski definition) is 8. The summed E-state index contributed by atoms with van der Waals surface area (Å²) in [6.07, 6.45) is -1.39. The fraction of sp³-hybridized carbons (Fsp3) is 0.137. The van der Waals surface area contributed by atoms with Gasteiger partial charge in [0.1, 0.15) is 97.8 Å². The number of H-pyrrole nitrogens is 2. The minimum absolute atomic E-state index is 0. The molecule has 0 aliphatic carbocycles. The van der Waals surface area contributed by atoms with E-state index < -0.39 is 18.1 Å². The SMILES string of the molecule is C.COc1ccc(CSC(N)=C(C#N)C(=S)NC(C)=O)cc1.COc1ccc(CSc2nsc(NC(C)=O)c2C#N)cc1.N#Cc1c(NC(=O)Oc2ccccc2)s[nH]c1=S.NC(=O)c1c(NC(=O)Oc2ccccc2)s[nH]c1=S. The molecule has 21 nitrogen and oxygen atoms in total. The van der Waals surface area contributed by atoms with E-state index in [0.717, 1.165) is 57.2 Å². The number of nitriles is 3. The predicted octanol–water partition coefficient (Wildman–Crippen LogP) is 11.8. The van der Waals surface area contributed by atoms with Crippen LogP contribution < -0.4 is 51.7 Å². The first kappa shape index (κ1) is 65.8. The summed E-state index contributed by atoms with van der Waals surface area (Å²) in [7, 11) is 3.23. The Kier molecular flexibility index (Phi) is 28.3. The molecule has 7 aromatic rings. The highest BCUT2D eigenvalue weighted by atomic mass is 32.2. The molecule has 80 heavy (non-hydrogen) atoms. The summed E-state index contributed by atoms with van der Waals surface area (Å²) in [5.41, 5.74) is 14.0. The number of thioether (sulfide) groups is 2. The molecular weight excluding hydrogens is 1180 g/mol. The summed E-state index contributed by atoms with van der Waals surface area (Å²) < 4.78 is 30.3. The maximum Gasteiger partial charge on any atom is 0.417 e. The standard InChI is InChI=1S/C14H13N3O2S2.C14H15N3O2S2.C11H9N3O3S2.C11H7N3O2S2.CH4/c1-9(18)16-13-12(7-15)14(17-21-13)20-8-10-3-5-11(19-2)6-4-10;1-9(18)17-14(20)12(7-15)13(16)21-8-10-3-5-11(19-2)6-4-10;12-8(15)7-9(18)14-19-10(7)13-11(16)17-6-4-2-1-3-5-6;12-6-8-9(17)14-18-10(8)13-11(15)16-7-4-2-1-3-5-7;/h3-6H,8H2,1-2H3,(H,16,18);3-6H,8,16H2,1-2H3,(H,17,18,20);1-5H,(H2,12,15)(H,13,16)(H,14,18);1-5H,(H,13,15)(H,14,17);1H4. The number of primary amides is 1. The molecule has 414 valence electrons. The van der Waals surface area contributed by atoms with Gasteiger partial charge in [-0.1, -0.05) is 117 Å². The lowest BCUT2D eigenvalue weighted by Gasteiger charge is -2.07. The van der Waals surface area contributed by atoms with Crippen molar-refractivity contribution in [3.05, 3.63) is 157 Å². The lowest BCUT2D eigenvalue weighted by Crippen LogP contribution is -2.28. The lowest BCUT2D eigenvalue weighted by atomic mass is 10.2. The van der Waals surface area contributed by atoms with E-state index in [1.54, 1.807) is 68.8 Å². The zero-order chi connectivity index (χ0) is 57.9. The van der Waals surface area contributed by atoms with Gasteiger partial charge in [-0.2, -0.15) is 20.2 Å². The smallest absolute Gasteiger partial charge is 0.417 e. The third kappa shape index (κ3) is 21.8. The molecule has 0 radical (unpaired) electrons. The van der Waals surface area contributed by atoms with Gasteiger partial charge in [-0.15, -0.1) is 11.8 Å². The van der Waals surface area contributed by atoms with Crippen molar-refractivity contribution in [2.24, 2.45) is 11.5 Å². The van der Waals surface area contributed by atoms with Crippen molar-refractivity contribution in [1.29, 1.82) is 15.8 Å². The number of aromatic nitrogens is 3. The molecule has 29 heteroatoms. The average molecular weight is 1230 g/mol. The molecule has 0 fully saturated rings. The van der Waals surface area contributed by atoms with Crippen molar-refractivity contribution in [2.45, 2.75) is 37.8 Å². The molecule has 7 rings (SSSR count). The molecule has 3 aromatic heterocycles. The minimum atomic E-state index is -0.723. The Morgan fingerprint density at radius 2 is 1.14 bits per heavy atom. The number of hydrogen-bond acceptors (Lipinski definition) is 22. The highest BCUT2D eigenvalue weighted by Gasteiger charge is 2.18. The van der Waals surface area contributed by atoms with Gasteiger partial charge in [-0.05, 0) is 94.3 Å². The molecule has 3 heterocycles. The molecule has 0 spiro atoms. The second-order valence-corrected chi connectivity index (χ2v) is 20.3. The van der Waals surface area contributed by atoms with Crippen LogP contribution in [-0.2, 0) is 21.1 Å². The number of para-hydroxylation sites is 2. The van der Waals surface area contributed by atoms with Crippen LogP contribution in [0.25, 0.3) is 0 Å². The first-order chi connectivity index (χ1) is 37.9. The summed E-state index contributed by atoms with van der Waals surface area (Å²) in [6, 6.07) is 38.4. The maximum absolute atomic E-state index is 11.6. The number of rotatable bonds is 15. The van der Waals surface area contributed by atoms with Crippen molar-refractivity contribution < 1.29 is 42.9 Å². The van der Waals surface area contributed by atoms with Crippen LogP contribution in [0, 0.1) is 43.3 Å². The van der Waals surface area contributed by atoms with E-state index in [9.17, 15) is 29.2 Å². The van der Waals surface area contributed by atoms with E-state index in [2.05, 4.69) is 40.5 Å². The summed E-state index contributed by atoms with van der Waals surface area (Å²) in [5.74, 6) is 2.43. The van der Waals surface area contributed by atoms with Gasteiger partial charge in [-0.25, -0.2) is 9.59 Å². The predicted molar refractivity (Wildman–Crippen MR) is 322 cm³/mol. The van der Waals surface area contributed by atoms with Crippen LogP contribution in [0.5, 0.6) is 23.0 Å². The summed E-state index contributed by atoms with van der Waals surface area (Å²) in [5, 5.41) is 39.1. The highest BCUT2D eigenvalue weighted by Crippen LogP contribution is 2.33. The molecular formula is C51H48N12O9S8. The van der Waals surface area contributed by atoms with Gasteiger partial charge in [0, 0.05) is 25.4 Å². The maximum atomic E-state index is 11.6. The number of ether oxygens (including phenoxy) is 4. The van der Waals surface area contributed by atoms with Crippen molar-refractivity contribution in [3.8, 4) is 41.2 Å². The van der Waals surface area contributed by atoms with E-state index in [1.165, 1.54) is 37.4 Å². The monoisotopic (exact) mass is 1230 g/mol. The number of nitrogens with two attached hydrogens (primary N) is 2. The first-order valence-electron chi connectivity index (χ1n) is 22.0. The third-order valence-corrected chi connectivity index (χ3v) is 14.8. The zero-order valence-corrected chi connectivity index (χ0v) is 48.2. The van der Waals surface area contributed by atoms with Crippen LogP contribution in [0.1, 0.15) is 53.9 Å². The number of carbonyl (C=O) groups excluding carboxylic acids is 5. The Morgan fingerprint density at radius 3 is 1.60 bits per heavy atom. The van der Waals surface area contributed by atoms with Crippen LogP contribution in [0.4, 0.5) is 24.6 Å². The number of methoxy groups -OCH3 is 2. The lowest BCUT2D eigenvalue weighted by molar-refractivity contribution is -0.117. The molecule has 0 unspecified atom stereocenters. The number of thiocarbonyl (C=S) groups is 1. The summed E-state index contributed by atoms with van der Waals surface area (Å²) in [6.45, 7) is 2.73. The fourth-order valence-corrected chi connectivity index (χ4v) is 10.7. The first-order valence-corrected chi connectivity index (χ1v) is 27.6. The largest absolute Gasteiger partial charge is 0.497 e. The normalized spacial score (nSPS) is 10.0. The highest BCUT2D eigenvalue weighted by molar-refractivity contribution is 8.02. The van der Waals surface area contributed by atoms with Gasteiger partial charge in [0.2, 0.25) is 11.8 Å². The van der Waals surface area contributed by atoms with Crippen molar-refractivity contribution in [2.75, 3.05) is 30.2 Å². The van der Waals surface area contributed by atoms with Gasteiger partial charge in [0.15, 0.2) is 0 Å². The molecule has 4 aromatic carbocycles. The summed E-state index contributed by atoms with van der Waals surface area (Å²) >= 11 is 20.7. The molecule has 10 N–H and O–H groups in total. The number of benzene rings is 4. The van der Waals surface area contributed by atoms with Crippen molar-refractivity contribution in [3.63, 3.8) is 0 Å². The molecule has 0 saturated heterocycles. The minimum Gasteiger partial charge on any atom is -0.497 e. The Hall–Kier alpha value is -8.44. The van der Waals surface area contributed by atoms with Crippen LogP contribution >= 0.6 is 94.8 Å². The second kappa shape index (κ2) is 34.4. The van der Waals surface area contributed by atoms with Crippen molar-refractivity contribution >= 4 is 145 Å². The van der Waals surface area contributed by atoms with E-state index in [0.29, 0.717) is 48.2 Å². The van der Waals surface area contributed by atoms with Crippen LogP contribution in [0.2, 0.25) is 0 Å². The van der Waals surface area contributed by atoms with Crippen LogP contribution in [0.3, 0.4) is 0 Å². The molecule has 0 bridgehead atoms. The molecule has 5 amide bonds. The number of aromatic amines is 2. The van der Waals surface area contributed by atoms with Gasteiger partial charge in [-0.3, -0.25) is 33.8 Å². The number of anilines is 3. The second-order valence-electron chi connectivity index (χ2n) is 14.7.